The second kappa shape index (κ2) is 7.67. The Kier molecular flexibility index (Phi) is 5.60. The number of methoxy groups -OCH3 is 2. The van der Waals surface area contributed by atoms with Crippen LogP contribution in [0.5, 0.6) is 11.5 Å². The van der Waals surface area contributed by atoms with Gasteiger partial charge in [-0.15, -0.1) is 0 Å². The van der Waals surface area contributed by atoms with E-state index < -0.39 is 0 Å². The van der Waals surface area contributed by atoms with Gasteiger partial charge < -0.3 is 14.3 Å². The van der Waals surface area contributed by atoms with E-state index in [1.54, 1.807) is 32.4 Å². The third-order valence-corrected chi connectivity index (χ3v) is 3.71. The first-order valence-electron chi connectivity index (χ1n) is 7.21. The van der Waals surface area contributed by atoms with Crippen molar-refractivity contribution in [2.24, 2.45) is 11.1 Å². The summed E-state index contributed by atoms with van der Waals surface area (Å²) < 4.78 is 10.4. The first kappa shape index (κ1) is 15.4. The highest BCUT2D eigenvalue weighted by atomic mass is 16.7. The van der Waals surface area contributed by atoms with E-state index in [9.17, 15) is 4.79 Å². The van der Waals surface area contributed by atoms with Gasteiger partial charge in [0.15, 0.2) is 0 Å². The van der Waals surface area contributed by atoms with Crippen molar-refractivity contribution in [3.63, 3.8) is 0 Å². The molecule has 21 heavy (non-hydrogen) atoms. The van der Waals surface area contributed by atoms with Crippen LogP contribution in [0.25, 0.3) is 0 Å². The summed E-state index contributed by atoms with van der Waals surface area (Å²) in [6.45, 7) is 0. The molecular weight excluding hydrogens is 270 g/mol. The van der Waals surface area contributed by atoms with Gasteiger partial charge in [-0.05, 0) is 25.0 Å². The van der Waals surface area contributed by atoms with Gasteiger partial charge in [0.1, 0.15) is 11.5 Å². The minimum atomic E-state index is -0.238. The Balaban J connectivity index is 1.95. The van der Waals surface area contributed by atoms with Crippen LogP contribution in [0.3, 0.4) is 0 Å². The molecule has 1 fully saturated rings. The number of hydrogen-bond acceptors (Lipinski definition) is 5. The average Bonchev–Trinajstić information content (AvgIpc) is 2.55. The van der Waals surface area contributed by atoms with E-state index in [-0.39, 0.29) is 11.9 Å². The Morgan fingerprint density at radius 3 is 2.62 bits per heavy atom. The van der Waals surface area contributed by atoms with Gasteiger partial charge in [0.25, 0.3) is 0 Å². The third-order valence-electron chi connectivity index (χ3n) is 3.71. The zero-order valence-electron chi connectivity index (χ0n) is 12.5. The Morgan fingerprint density at radius 1 is 1.19 bits per heavy atom. The maximum absolute atomic E-state index is 11.9. The number of carbonyl (C=O) groups excluding carboxylic acids is 1. The molecule has 1 aromatic carbocycles. The maximum atomic E-state index is 11.9. The lowest BCUT2D eigenvalue weighted by Crippen LogP contribution is -2.18. The minimum absolute atomic E-state index is 0.00587. The molecule has 0 radical (unpaired) electrons. The number of hydrogen-bond donors (Lipinski definition) is 0. The maximum Gasteiger partial charge on any atom is 0.338 e. The van der Waals surface area contributed by atoms with Crippen molar-refractivity contribution in [2.75, 3.05) is 14.2 Å². The minimum Gasteiger partial charge on any atom is -0.497 e. The van der Waals surface area contributed by atoms with Gasteiger partial charge in [0.05, 0.1) is 26.4 Å². The molecular formula is C16H21NO4. The molecule has 0 atom stereocenters. The summed E-state index contributed by atoms with van der Waals surface area (Å²) >= 11 is 0. The SMILES string of the molecule is COc1ccc(/C=N\OC(=O)C2CCCCC2)c(OC)c1. The molecule has 0 heterocycles. The zero-order chi connectivity index (χ0) is 15.1. The van der Waals surface area contributed by atoms with Gasteiger partial charge in [0.2, 0.25) is 0 Å². The highest BCUT2D eigenvalue weighted by molar-refractivity contribution is 5.84. The van der Waals surface area contributed by atoms with Crippen LogP contribution in [0.4, 0.5) is 0 Å². The molecule has 1 aromatic rings. The lowest BCUT2D eigenvalue weighted by atomic mass is 9.89. The van der Waals surface area contributed by atoms with Crippen LogP contribution < -0.4 is 9.47 Å². The third kappa shape index (κ3) is 4.21. The summed E-state index contributed by atoms with van der Waals surface area (Å²) in [6.07, 6.45) is 6.68. The first-order valence-corrected chi connectivity index (χ1v) is 7.21. The fourth-order valence-electron chi connectivity index (χ4n) is 2.47. The zero-order valence-corrected chi connectivity index (χ0v) is 12.5. The number of carbonyl (C=O) groups is 1. The quantitative estimate of drug-likeness (QED) is 0.475. The van der Waals surface area contributed by atoms with Gasteiger partial charge in [0, 0.05) is 11.6 Å². The second-order valence-electron chi connectivity index (χ2n) is 5.09. The van der Waals surface area contributed by atoms with E-state index in [0.29, 0.717) is 11.5 Å². The lowest BCUT2D eigenvalue weighted by Gasteiger charge is -2.17. The Hall–Kier alpha value is -2.04. The summed E-state index contributed by atoms with van der Waals surface area (Å²) in [5.41, 5.74) is 0.731. The number of benzene rings is 1. The molecule has 114 valence electrons. The number of ether oxygens (including phenoxy) is 2. The van der Waals surface area contributed by atoms with Crippen molar-refractivity contribution in [2.45, 2.75) is 32.1 Å². The monoisotopic (exact) mass is 291 g/mol. The van der Waals surface area contributed by atoms with Crippen LogP contribution in [-0.2, 0) is 9.63 Å². The van der Waals surface area contributed by atoms with Crippen LogP contribution in [-0.4, -0.2) is 26.4 Å². The van der Waals surface area contributed by atoms with E-state index in [1.165, 1.54) is 12.6 Å². The molecule has 0 N–H and O–H groups in total. The van der Waals surface area contributed by atoms with Crippen molar-refractivity contribution in [1.82, 2.24) is 0 Å². The van der Waals surface area contributed by atoms with Gasteiger partial charge in [-0.2, -0.15) is 0 Å². The molecule has 0 aliphatic heterocycles. The molecule has 5 nitrogen and oxygen atoms in total. The predicted molar refractivity (Wildman–Crippen MR) is 79.8 cm³/mol. The van der Waals surface area contributed by atoms with E-state index in [0.717, 1.165) is 31.2 Å². The first-order chi connectivity index (χ1) is 10.2. The summed E-state index contributed by atoms with van der Waals surface area (Å²) in [5, 5.41) is 3.79. The summed E-state index contributed by atoms with van der Waals surface area (Å²) in [6, 6.07) is 5.35. The molecule has 0 bridgehead atoms. The molecule has 0 aromatic heterocycles. The Labute approximate surface area is 124 Å². The van der Waals surface area contributed by atoms with Crippen LogP contribution in [0.1, 0.15) is 37.7 Å². The Bertz CT molecular complexity index is 507. The van der Waals surface area contributed by atoms with E-state index in [2.05, 4.69) is 5.16 Å². The van der Waals surface area contributed by atoms with Gasteiger partial charge >= 0.3 is 5.97 Å². The van der Waals surface area contributed by atoms with Crippen molar-refractivity contribution in [3.8, 4) is 11.5 Å². The summed E-state index contributed by atoms with van der Waals surface area (Å²) in [7, 11) is 3.16. The molecule has 0 spiro atoms. The highest BCUT2D eigenvalue weighted by Gasteiger charge is 2.22. The topological polar surface area (TPSA) is 57.1 Å². The lowest BCUT2D eigenvalue weighted by molar-refractivity contribution is -0.149. The highest BCUT2D eigenvalue weighted by Crippen LogP contribution is 2.25. The van der Waals surface area contributed by atoms with Crippen molar-refractivity contribution in [3.05, 3.63) is 23.8 Å². The summed E-state index contributed by atoms with van der Waals surface area (Å²) in [4.78, 5) is 16.8. The van der Waals surface area contributed by atoms with E-state index in [4.69, 9.17) is 14.3 Å². The van der Waals surface area contributed by atoms with Gasteiger partial charge in [-0.1, -0.05) is 24.4 Å². The van der Waals surface area contributed by atoms with Crippen LogP contribution in [0.15, 0.2) is 23.4 Å². The molecule has 0 unspecified atom stereocenters. The predicted octanol–water partition coefficient (Wildman–Crippen LogP) is 3.16. The molecule has 1 aliphatic rings. The number of oxime groups is 1. The smallest absolute Gasteiger partial charge is 0.338 e. The van der Waals surface area contributed by atoms with Gasteiger partial charge in [-0.25, -0.2) is 4.79 Å². The largest absolute Gasteiger partial charge is 0.497 e. The fourth-order valence-corrected chi connectivity index (χ4v) is 2.47. The molecule has 5 heteroatoms. The number of nitrogens with zero attached hydrogens (tertiary/aromatic N) is 1. The van der Waals surface area contributed by atoms with Crippen molar-refractivity contribution < 1.29 is 19.1 Å². The van der Waals surface area contributed by atoms with Crippen molar-refractivity contribution in [1.29, 1.82) is 0 Å². The summed E-state index contributed by atoms with van der Waals surface area (Å²) in [5.74, 6) is 1.07. The molecule has 2 rings (SSSR count). The molecule has 0 amide bonds. The Morgan fingerprint density at radius 2 is 1.95 bits per heavy atom. The van der Waals surface area contributed by atoms with E-state index in [1.807, 2.05) is 0 Å². The van der Waals surface area contributed by atoms with Crippen LogP contribution in [0.2, 0.25) is 0 Å². The average molecular weight is 291 g/mol. The van der Waals surface area contributed by atoms with Crippen molar-refractivity contribution >= 4 is 12.2 Å². The second-order valence-corrected chi connectivity index (χ2v) is 5.09. The number of rotatable bonds is 5. The van der Waals surface area contributed by atoms with Crippen LogP contribution >= 0.6 is 0 Å². The molecule has 0 saturated heterocycles. The van der Waals surface area contributed by atoms with Gasteiger partial charge in [-0.3, -0.25) is 0 Å². The van der Waals surface area contributed by atoms with E-state index >= 15 is 0 Å². The fraction of sp³-hybridized carbons (Fsp3) is 0.500. The van der Waals surface area contributed by atoms with Crippen LogP contribution in [0, 0.1) is 5.92 Å². The normalized spacial score (nSPS) is 15.9. The molecule has 1 saturated carbocycles. The standard InChI is InChI=1S/C16H21NO4/c1-19-14-9-8-13(15(10-14)20-2)11-17-21-16(18)12-6-4-3-5-7-12/h8-12H,3-7H2,1-2H3/b17-11-. The molecule has 1 aliphatic carbocycles.